The van der Waals surface area contributed by atoms with E-state index < -0.39 is 23.9 Å². The Morgan fingerprint density at radius 3 is 2.34 bits per heavy atom. The molecule has 1 unspecified atom stereocenters. The zero-order valence-electron chi connectivity index (χ0n) is 23.2. The van der Waals surface area contributed by atoms with Crippen LogP contribution in [0.4, 0.5) is 10.1 Å². The molecular weight excluding hydrogens is 527 g/mol. The number of amides is 1. The summed E-state index contributed by atoms with van der Waals surface area (Å²) < 4.78 is 20.9. The number of anilines is 1. The number of halogens is 1. The predicted octanol–water partition coefficient (Wildman–Crippen LogP) is 4.75. The van der Waals surface area contributed by atoms with Crippen LogP contribution in [0.15, 0.2) is 67.1 Å². The molecule has 41 heavy (non-hydrogen) atoms. The quantitative estimate of drug-likeness (QED) is 0.219. The largest absolute Gasteiger partial charge is 0.496 e. The zero-order valence-corrected chi connectivity index (χ0v) is 23.2. The Bertz CT molecular complexity index is 1600. The van der Waals surface area contributed by atoms with E-state index in [0.717, 1.165) is 27.8 Å². The fraction of sp³-hybridized carbons (Fsp3) is 0.226. The first-order valence-corrected chi connectivity index (χ1v) is 12.8. The lowest BCUT2D eigenvalue weighted by atomic mass is 9.90. The Morgan fingerprint density at radius 2 is 1.71 bits per heavy atom. The highest BCUT2D eigenvalue weighted by Crippen LogP contribution is 2.37. The minimum atomic E-state index is -1.64. The van der Waals surface area contributed by atoms with Gasteiger partial charge in [0.05, 0.1) is 13.7 Å². The first-order valence-electron chi connectivity index (χ1n) is 12.8. The number of aliphatic carboxylic acids is 1. The van der Waals surface area contributed by atoms with Crippen LogP contribution in [0.2, 0.25) is 0 Å². The number of ether oxygens (including phenoxy) is 1. The third-order valence-electron chi connectivity index (χ3n) is 7.15. The van der Waals surface area contributed by atoms with Crippen molar-refractivity contribution in [3.05, 3.63) is 95.3 Å². The molecule has 0 spiro atoms. The second-order valence-corrected chi connectivity index (χ2v) is 9.79. The summed E-state index contributed by atoms with van der Waals surface area (Å²) in [7, 11) is 1.42. The second-order valence-electron chi connectivity index (χ2n) is 9.79. The van der Waals surface area contributed by atoms with Crippen LogP contribution < -0.4 is 15.4 Å². The molecule has 1 amide bonds. The van der Waals surface area contributed by atoms with E-state index >= 15 is 4.39 Å². The van der Waals surface area contributed by atoms with Crippen molar-refractivity contribution in [3.8, 4) is 28.0 Å². The van der Waals surface area contributed by atoms with Gasteiger partial charge in [0, 0.05) is 24.0 Å². The predicted molar refractivity (Wildman–Crippen MR) is 153 cm³/mol. The maximum Gasteiger partial charge on any atom is 0.326 e. The van der Waals surface area contributed by atoms with Gasteiger partial charge in [-0.25, -0.2) is 14.4 Å². The Morgan fingerprint density at radius 1 is 1.02 bits per heavy atom. The SMILES string of the molecule is COc1cc(-c2cccc(-c3cccc(NC(=O)c4ccncn4)c3C)c2C)cc(F)c1CNC(C)(CO)C(=O)O. The van der Waals surface area contributed by atoms with Gasteiger partial charge in [0.15, 0.2) is 0 Å². The molecule has 4 rings (SSSR count). The normalized spacial score (nSPS) is 12.4. The van der Waals surface area contributed by atoms with E-state index in [1.807, 2.05) is 50.2 Å². The molecule has 9 nitrogen and oxygen atoms in total. The van der Waals surface area contributed by atoms with Crippen LogP contribution in [0.5, 0.6) is 5.75 Å². The number of carbonyl (C=O) groups is 2. The van der Waals surface area contributed by atoms with Crippen LogP contribution in [0.25, 0.3) is 22.3 Å². The van der Waals surface area contributed by atoms with Crippen LogP contribution in [0, 0.1) is 19.7 Å². The number of aliphatic hydroxyl groups excluding tert-OH is 1. The van der Waals surface area contributed by atoms with Crippen molar-refractivity contribution in [2.24, 2.45) is 0 Å². The molecule has 3 aromatic carbocycles. The lowest BCUT2D eigenvalue weighted by molar-refractivity contribution is -0.145. The summed E-state index contributed by atoms with van der Waals surface area (Å²) in [6.45, 7) is 4.35. The van der Waals surface area contributed by atoms with Crippen LogP contribution in [-0.2, 0) is 11.3 Å². The maximum atomic E-state index is 15.4. The van der Waals surface area contributed by atoms with Crippen molar-refractivity contribution in [1.82, 2.24) is 15.3 Å². The number of hydrogen-bond donors (Lipinski definition) is 4. The summed E-state index contributed by atoms with van der Waals surface area (Å²) in [5.74, 6) is -1.93. The van der Waals surface area contributed by atoms with Gasteiger partial charge >= 0.3 is 5.97 Å². The van der Waals surface area contributed by atoms with Gasteiger partial charge in [-0.05, 0) is 78.4 Å². The highest BCUT2D eigenvalue weighted by molar-refractivity contribution is 6.03. The van der Waals surface area contributed by atoms with Crippen LogP contribution >= 0.6 is 0 Å². The van der Waals surface area contributed by atoms with Crippen molar-refractivity contribution in [2.75, 3.05) is 19.0 Å². The minimum Gasteiger partial charge on any atom is -0.496 e. The monoisotopic (exact) mass is 558 g/mol. The molecule has 212 valence electrons. The van der Waals surface area contributed by atoms with Gasteiger partial charge in [0.1, 0.15) is 29.1 Å². The Hall–Kier alpha value is -4.67. The number of nitrogens with one attached hydrogen (secondary N) is 2. The van der Waals surface area contributed by atoms with Gasteiger partial charge in [-0.1, -0.05) is 30.3 Å². The van der Waals surface area contributed by atoms with Gasteiger partial charge < -0.3 is 20.3 Å². The number of rotatable bonds is 10. The standard InChI is InChI=1S/C31H31FN4O5/c1-18-21(20-13-25(32)24(28(14-20)41-4)15-35-31(3,16-37)30(39)40)7-5-8-22(18)23-9-6-10-26(19(23)2)36-29(38)27-11-12-33-17-34-27/h5-14,17,35,37H,15-16H2,1-4H3,(H,36,38)(H,39,40). The Labute approximate surface area is 237 Å². The van der Waals surface area contributed by atoms with Crippen molar-refractivity contribution >= 4 is 17.6 Å². The molecule has 1 aromatic heterocycles. The van der Waals surface area contributed by atoms with Crippen molar-refractivity contribution in [3.63, 3.8) is 0 Å². The Kier molecular flexibility index (Phi) is 8.75. The van der Waals surface area contributed by atoms with Gasteiger partial charge in [0.25, 0.3) is 5.91 Å². The summed E-state index contributed by atoms with van der Waals surface area (Å²) >= 11 is 0. The number of aliphatic hydroxyl groups is 1. The van der Waals surface area contributed by atoms with Gasteiger partial charge in [0.2, 0.25) is 0 Å². The number of hydrogen-bond acceptors (Lipinski definition) is 7. The van der Waals surface area contributed by atoms with E-state index in [1.54, 1.807) is 6.07 Å². The number of nitrogens with zero attached hydrogens (tertiary/aromatic N) is 2. The first-order chi connectivity index (χ1) is 19.6. The van der Waals surface area contributed by atoms with E-state index in [2.05, 4.69) is 20.6 Å². The highest BCUT2D eigenvalue weighted by atomic mass is 19.1. The zero-order chi connectivity index (χ0) is 29.7. The van der Waals surface area contributed by atoms with Gasteiger partial charge in [-0.15, -0.1) is 0 Å². The average Bonchev–Trinajstić information content (AvgIpc) is 2.97. The molecule has 1 heterocycles. The topological polar surface area (TPSA) is 134 Å². The molecule has 0 saturated heterocycles. The summed E-state index contributed by atoms with van der Waals surface area (Å²) in [5.41, 5.74) is 4.30. The van der Waals surface area contributed by atoms with Crippen molar-refractivity contribution in [1.29, 1.82) is 0 Å². The number of carbonyl (C=O) groups excluding carboxylic acids is 1. The highest BCUT2D eigenvalue weighted by Gasteiger charge is 2.32. The molecule has 4 N–H and O–H groups in total. The average molecular weight is 559 g/mol. The minimum absolute atomic E-state index is 0.147. The molecular formula is C31H31FN4O5. The number of aromatic nitrogens is 2. The molecule has 0 aliphatic heterocycles. The maximum absolute atomic E-state index is 15.4. The molecule has 10 heteroatoms. The number of carboxylic acid groups (broad SMARTS) is 1. The second kappa shape index (κ2) is 12.2. The van der Waals surface area contributed by atoms with Crippen LogP contribution in [-0.4, -0.2) is 51.3 Å². The number of benzene rings is 3. The van der Waals surface area contributed by atoms with E-state index in [0.29, 0.717) is 11.3 Å². The molecule has 0 saturated carbocycles. The van der Waals surface area contributed by atoms with E-state index in [9.17, 15) is 19.8 Å². The molecule has 0 fully saturated rings. The van der Waals surface area contributed by atoms with E-state index in [1.165, 1.54) is 38.7 Å². The fourth-order valence-electron chi connectivity index (χ4n) is 4.52. The van der Waals surface area contributed by atoms with Gasteiger partial charge in [-0.3, -0.25) is 14.9 Å². The van der Waals surface area contributed by atoms with Crippen molar-refractivity contribution < 1.29 is 28.9 Å². The Balaban J connectivity index is 1.68. The summed E-state index contributed by atoms with van der Waals surface area (Å²) in [6.07, 6.45) is 2.82. The third kappa shape index (κ3) is 6.08. The smallest absolute Gasteiger partial charge is 0.326 e. The van der Waals surface area contributed by atoms with Gasteiger partial charge in [-0.2, -0.15) is 0 Å². The van der Waals surface area contributed by atoms with Crippen molar-refractivity contribution in [2.45, 2.75) is 32.9 Å². The van der Waals surface area contributed by atoms with E-state index in [-0.39, 0.29) is 29.5 Å². The van der Waals surface area contributed by atoms with Crippen LogP contribution in [0.1, 0.15) is 34.1 Å². The number of methoxy groups -OCH3 is 1. The van der Waals surface area contributed by atoms with E-state index in [4.69, 9.17) is 4.74 Å². The fourth-order valence-corrected chi connectivity index (χ4v) is 4.52. The molecule has 0 aliphatic carbocycles. The van der Waals surface area contributed by atoms with Crippen LogP contribution in [0.3, 0.4) is 0 Å². The lowest BCUT2D eigenvalue weighted by Crippen LogP contribution is -2.52. The summed E-state index contributed by atoms with van der Waals surface area (Å²) in [4.78, 5) is 32.1. The summed E-state index contributed by atoms with van der Waals surface area (Å²) in [6, 6.07) is 16.0. The molecule has 0 bridgehead atoms. The lowest BCUT2D eigenvalue weighted by Gasteiger charge is -2.24. The third-order valence-corrected chi connectivity index (χ3v) is 7.15. The molecule has 0 aliphatic rings. The molecule has 4 aromatic rings. The first kappa shape index (κ1) is 29.3. The number of carboxylic acids is 1. The molecule has 0 radical (unpaired) electrons. The summed E-state index contributed by atoms with van der Waals surface area (Å²) in [5, 5.41) is 24.5. The molecule has 1 atom stereocenters.